The fraction of sp³-hybridized carbons (Fsp3) is 0.400. The summed E-state index contributed by atoms with van der Waals surface area (Å²) in [6.07, 6.45) is -2.15. The van der Waals surface area contributed by atoms with Crippen LogP contribution >= 0.6 is 0 Å². The average molecular weight is 251 g/mol. The van der Waals surface area contributed by atoms with Gasteiger partial charge in [0.25, 0.3) is 5.09 Å². The lowest BCUT2D eigenvalue weighted by Gasteiger charge is -2.05. The van der Waals surface area contributed by atoms with Crippen molar-refractivity contribution in [3.63, 3.8) is 0 Å². The number of aromatic nitrogens is 1. The van der Waals surface area contributed by atoms with Gasteiger partial charge in [0, 0.05) is 0 Å². The van der Waals surface area contributed by atoms with Crippen molar-refractivity contribution >= 4 is 0 Å². The molecule has 1 aromatic rings. The summed E-state index contributed by atoms with van der Waals surface area (Å²) in [4.78, 5) is 27.5. The first kappa shape index (κ1) is 12.6. The van der Waals surface area contributed by atoms with Gasteiger partial charge in [-0.1, -0.05) is 5.16 Å². The lowest BCUT2D eigenvalue weighted by atomic mass is 10.2. The first-order chi connectivity index (χ1) is 7.95. The number of nitrogens with zero attached hydrogens (tertiary/aromatic N) is 3. The van der Waals surface area contributed by atoms with Crippen molar-refractivity contribution in [3.05, 3.63) is 31.5 Å². The standard InChI is InChI=1S/C5H5N3O9/c9-1-2-3(4(10)16-7(11)12)6-15-5(2)17-8(13)14/h4,9-10H,1H2. The van der Waals surface area contributed by atoms with E-state index >= 15 is 0 Å². The largest absolute Gasteiger partial charge is 0.391 e. The van der Waals surface area contributed by atoms with Gasteiger partial charge in [0.05, 0.1) is 12.2 Å². The number of aliphatic hydroxyl groups is 2. The highest BCUT2D eigenvalue weighted by atomic mass is 17.0. The van der Waals surface area contributed by atoms with Gasteiger partial charge in [-0.2, -0.15) is 0 Å². The molecule has 0 aliphatic rings. The highest BCUT2D eigenvalue weighted by Gasteiger charge is 2.26. The Labute approximate surface area is 91.2 Å². The molecule has 1 heterocycles. The molecule has 2 N–H and O–H groups in total. The van der Waals surface area contributed by atoms with Crippen LogP contribution in [-0.4, -0.2) is 25.5 Å². The highest BCUT2D eigenvalue weighted by Crippen LogP contribution is 2.27. The van der Waals surface area contributed by atoms with Crippen molar-refractivity contribution in [2.45, 2.75) is 12.9 Å². The number of hydrogen-bond acceptors (Lipinski definition) is 10. The first-order valence-electron chi connectivity index (χ1n) is 3.86. The Balaban J connectivity index is 2.96. The van der Waals surface area contributed by atoms with Gasteiger partial charge >= 0.3 is 11.0 Å². The molecule has 0 bridgehead atoms. The number of hydrogen-bond donors (Lipinski definition) is 2. The summed E-state index contributed by atoms with van der Waals surface area (Å²) in [7, 11) is 0. The predicted octanol–water partition coefficient (Wildman–Crippen LogP) is -1.06. The molecular weight excluding hydrogens is 246 g/mol. The maximum absolute atomic E-state index is 10.0. The van der Waals surface area contributed by atoms with Gasteiger partial charge in [-0.15, -0.1) is 20.2 Å². The maximum atomic E-state index is 10.0. The molecule has 0 amide bonds. The third-order valence-electron chi connectivity index (χ3n) is 1.52. The number of aliphatic hydroxyl groups excluding tert-OH is 2. The molecule has 1 atom stereocenters. The zero-order chi connectivity index (χ0) is 13.0. The Morgan fingerprint density at radius 2 is 2.06 bits per heavy atom. The molecule has 0 saturated carbocycles. The van der Waals surface area contributed by atoms with Crippen LogP contribution in [-0.2, 0) is 11.4 Å². The summed E-state index contributed by atoms with van der Waals surface area (Å²) in [6, 6.07) is 0. The third-order valence-corrected chi connectivity index (χ3v) is 1.52. The summed E-state index contributed by atoms with van der Waals surface area (Å²) in [5, 5.41) is 38.4. The summed E-state index contributed by atoms with van der Waals surface area (Å²) in [6.45, 7) is -0.861. The molecule has 94 valence electrons. The van der Waals surface area contributed by atoms with E-state index in [1.165, 1.54) is 0 Å². The first-order valence-corrected chi connectivity index (χ1v) is 3.86. The minimum Gasteiger partial charge on any atom is -0.391 e. The van der Waals surface area contributed by atoms with Crippen molar-refractivity contribution in [1.29, 1.82) is 0 Å². The summed E-state index contributed by atoms with van der Waals surface area (Å²) in [5.41, 5.74) is -1.03. The van der Waals surface area contributed by atoms with Crippen LogP contribution in [0.1, 0.15) is 17.5 Å². The van der Waals surface area contributed by atoms with Gasteiger partial charge in [0.2, 0.25) is 6.29 Å². The average Bonchev–Trinajstić information content (AvgIpc) is 2.58. The van der Waals surface area contributed by atoms with Crippen LogP contribution in [0.4, 0.5) is 0 Å². The SMILES string of the molecule is O=[N+]([O-])Oc1onc(C(O)O[N+](=O)[O-])c1CO. The van der Waals surface area contributed by atoms with Crippen LogP contribution in [0.3, 0.4) is 0 Å². The Kier molecular flexibility index (Phi) is 3.74. The fourth-order valence-electron chi connectivity index (χ4n) is 0.916. The zero-order valence-electron chi connectivity index (χ0n) is 7.88. The van der Waals surface area contributed by atoms with Crippen LogP contribution in [0, 0.1) is 20.2 Å². The summed E-state index contributed by atoms with van der Waals surface area (Å²) >= 11 is 0. The predicted molar refractivity (Wildman–Crippen MR) is 43.1 cm³/mol. The van der Waals surface area contributed by atoms with Gasteiger partial charge < -0.3 is 14.7 Å². The molecule has 1 unspecified atom stereocenters. The monoisotopic (exact) mass is 251 g/mol. The van der Waals surface area contributed by atoms with Gasteiger partial charge in [-0.25, -0.2) is 4.84 Å². The Morgan fingerprint density at radius 1 is 1.41 bits per heavy atom. The highest BCUT2D eigenvalue weighted by molar-refractivity contribution is 5.27. The molecule has 12 heteroatoms. The van der Waals surface area contributed by atoms with E-state index in [0.29, 0.717) is 0 Å². The van der Waals surface area contributed by atoms with E-state index in [2.05, 4.69) is 19.4 Å². The molecule has 0 spiro atoms. The topological polar surface area (TPSA) is 171 Å². The molecule has 17 heavy (non-hydrogen) atoms. The second-order valence-electron chi connectivity index (χ2n) is 2.49. The van der Waals surface area contributed by atoms with E-state index in [0.717, 1.165) is 0 Å². The molecule has 0 saturated heterocycles. The van der Waals surface area contributed by atoms with E-state index in [-0.39, 0.29) is 0 Å². The van der Waals surface area contributed by atoms with Gasteiger partial charge in [0.1, 0.15) is 5.69 Å². The normalized spacial score (nSPS) is 11.9. The third kappa shape index (κ3) is 2.99. The van der Waals surface area contributed by atoms with Crippen molar-refractivity contribution < 1.29 is 34.6 Å². The smallest absolute Gasteiger partial charge is 0.314 e. The van der Waals surface area contributed by atoms with Crippen molar-refractivity contribution in [3.8, 4) is 5.95 Å². The van der Waals surface area contributed by atoms with Crippen LogP contribution in [0.2, 0.25) is 0 Å². The molecule has 0 fully saturated rings. The summed E-state index contributed by atoms with van der Waals surface area (Å²) in [5.74, 6) is -0.807. The van der Waals surface area contributed by atoms with E-state index in [1.54, 1.807) is 0 Å². The van der Waals surface area contributed by atoms with Crippen molar-refractivity contribution in [1.82, 2.24) is 5.16 Å². The minimum absolute atomic E-state index is 0.434. The van der Waals surface area contributed by atoms with Crippen LogP contribution in [0.15, 0.2) is 4.52 Å². The molecule has 1 aromatic heterocycles. The summed E-state index contributed by atoms with van der Waals surface area (Å²) < 4.78 is 4.26. The molecule has 0 aromatic carbocycles. The Bertz CT molecular complexity index is 428. The molecular formula is C5H5N3O9. The van der Waals surface area contributed by atoms with E-state index in [9.17, 15) is 20.2 Å². The van der Waals surface area contributed by atoms with Gasteiger partial charge in [-0.05, 0) is 0 Å². The Hall–Kier alpha value is -2.47. The fourth-order valence-corrected chi connectivity index (χ4v) is 0.916. The second kappa shape index (κ2) is 5.04. The van der Waals surface area contributed by atoms with Crippen LogP contribution in [0.5, 0.6) is 5.95 Å². The molecule has 0 radical (unpaired) electrons. The van der Waals surface area contributed by atoms with E-state index in [1.807, 2.05) is 0 Å². The lowest BCUT2D eigenvalue weighted by Crippen LogP contribution is -2.11. The van der Waals surface area contributed by atoms with E-state index < -0.39 is 40.3 Å². The second-order valence-corrected chi connectivity index (χ2v) is 2.49. The molecule has 12 nitrogen and oxygen atoms in total. The minimum atomic E-state index is -2.15. The van der Waals surface area contributed by atoms with Crippen molar-refractivity contribution in [2.75, 3.05) is 0 Å². The van der Waals surface area contributed by atoms with Gasteiger partial charge in [0.15, 0.2) is 0 Å². The molecule has 0 aliphatic carbocycles. The van der Waals surface area contributed by atoms with Gasteiger partial charge in [-0.3, -0.25) is 4.84 Å². The van der Waals surface area contributed by atoms with E-state index in [4.69, 9.17) is 10.2 Å². The Morgan fingerprint density at radius 3 is 2.53 bits per heavy atom. The van der Waals surface area contributed by atoms with Crippen LogP contribution in [0.25, 0.3) is 0 Å². The zero-order valence-corrected chi connectivity index (χ0v) is 7.88. The molecule has 0 aliphatic heterocycles. The van der Waals surface area contributed by atoms with Crippen LogP contribution < -0.4 is 4.84 Å². The van der Waals surface area contributed by atoms with Crippen molar-refractivity contribution in [2.24, 2.45) is 0 Å². The number of rotatable bonds is 6. The molecule has 1 rings (SSSR count). The lowest BCUT2D eigenvalue weighted by molar-refractivity contribution is -0.783. The quantitative estimate of drug-likeness (QED) is 0.360. The maximum Gasteiger partial charge on any atom is 0.314 e.